The average Bonchev–Trinajstić information content (AvgIpc) is 3.57. The van der Waals surface area contributed by atoms with Crippen LogP contribution in [-0.4, -0.2) is 49.6 Å². The molecule has 10 heteroatoms. The number of nitrogens with zero attached hydrogens (tertiary/aromatic N) is 10. The molecule has 2 unspecified atom stereocenters. The van der Waals surface area contributed by atoms with Gasteiger partial charge in [0, 0.05) is 6.42 Å². The molecule has 34 heavy (non-hydrogen) atoms. The fraction of sp³-hybridized carbons (Fsp3) is 0.458. The van der Waals surface area contributed by atoms with Gasteiger partial charge in [-0.15, -0.1) is 15.3 Å². The van der Waals surface area contributed by atoms with Gasteiger partial charge >= 0.3 is 0 Å². The summed E-state index contributed by atoms with van der Waals surface area (Å²) in [6.07, 6.45) is 13.3. The molecule has 5 aromatic rings. The predicted molar refractivity (Wildman–Crippen MR) is 122 cm³/mol. The van der Waals surface area contributed by atoms with Gasteiger partial charge in [0.05, 0.1) is 22.8 Å². The summed E-state index contributed by atoms with van der Waals surface area (Å²) in [6, 6.07) is 10.1. The van der Waals surface area contributed by atoms with Gasteiger partial charge in [-0.1, -0.05) is 18.2 Å². The number of tetrazole rings is 1. The molecule has 0 radical (unpaired) electrons. The maximum Gasteiger partial charge on any atom is 0.170 e. The Morgan fingerprint density at radius 2 is 1.82 bits per heavy atom. The highest BCUT2D eigenvalue weighted by Crippen LogP contribution is 2.64. The first-order valence-electron chi connectivity index (χ1n) is 12.1. The lowest BCUT2D eigenvalue weighted by Crippen LogP contribution is -2.57. The molecular formula is C24H24N10. The van der Waals surface area contributed by atoms with Gasteiger partial charge in [-0.05, 0) is 73.1 Å². The van der Waals surface area contributed by atoms with Gasteiger partial charge in [-0.2, -0.15) is 9.90 Å². The van der Waals surface area contributed by atoms with E-state index in [1.165, 1.54) is 32.1 Å². The standard InChI is InChI=1S/C24H24N10/c1-2-4-18(5-3-1)33-21-19(12-27-33)22-29-20(30-32(22)15-25-21)11-23-7-16-6-17(8-23)10-24(9-16,13-23)34-28-14-26-31-34/h1-5,12,14-17H,6-11,13H2/t16-,17+,23?,24?. The second-order valence-electron chi connectivity index (χ2n) is 10.8. The van der Waals surface area contributed by atoms with Crippen LogP contribution in [0.3, 0.4) is 0 Å². The molecular weight excluding hydrogens is 428 g/mol. The molecule has 4 atom stereocenters. The Morgan fingerprint density at radius 3 is 2.62 bits per heavy atom. The van der Waals surface area contributed by atoms with Crippen molar-refractivity contribution < 1.29 is 0 Å². The molecule has 1 aromatic carbocycles. The number of aromatic nitrogens is 10. The number of fused-ring (bicyclic) bond motifs is 3. The molecule has 0 spiro atoms. The number of para-hydroxylation sites is 1. The summed E-state index contributed by atoms with van der Waals surface area (Å²) in [4.78, 5) is 11.6. The number of hydrogen-bond acceptors (Lipinski definition) is 7. The maximum atomic E-state index is 5.02. The van der Waals surface area contributed by atoms with Gasteiger partial charge in [0.25, 0.3) is 0 Å². The fourth-order valence-electron chi connectivity index (χ4n) is 7.76. The molecule has 4 aliphatic carbocycles. The third-order valence-corrected chi connectivity index (χ3v) is 8.41. The van der Waals surface area contributed by atoms with Gasteiger partial charge in [0.1, 0.15) is 6.33 Å². The fourth-order valence-corrected chi connectivity index (χ4v) is 7.76. The zero-order chi connectivity index (χ0) is 22.3. The van der Waals surface area contributed by atoms with Crippen molar-refractivity contribution >= 4 is 16.7 Å². The molecule has 0 aliphatic heterocycles. The number of benzene rings is 1. The van der Waals surface area contributed by atoms with Crippen LogP contribution in [0.15, 0.2) is 49.2 Å². The van der Waals surface area contributed by atoms with E-state index in [1.807, 2.05) is 50.5 Å². The zero-order valence-corrected chi connectivity index (χ0v) is 18.7. The molecule has 170 valence electrons. The minimum absolute atomic E-state index is 0.00534. The largest absolute Gasteiger partial charge is 0.216 e. The Morgan fingerprint density at radius 1 is 0.971 bits per heavy atom. The molecule has 4 saturated carbocycles. The first-order chi connectivity index (χ1) is 16.7. The molecule has 4 heterocycles. The summed E-state index contributed by atoms with van der Waals surface area (Å²) in [5, 5.41) is 23.2. The summed E-state index contributed by atoms with van der Waals surface area (Å²) in [5.74, 6) is 2.34. The van der Waals surface area contributed by atoms with Crippen LogP contribution in [0.2, 0.25) is 0 Å². The Labute approximate surface area is 195 Å². The second kappa shape index (κ2) is 6.46. The number of rotatable bonds is 4. The van der Waals surface area contributed by atoms with Crippen LogP contribution in [0, 0.1) is 17.3 Å². The van der Waals surface area contributed by atoms with Crippen molar-refractivity contribution in [2.75, 3.05) is 0 Å². The van der Waals surface area contributed by atoms with Gasteiger partial charge in [0.15, 0.2) is 23.4 Å². The van der Waals surface area contributed by atoms with Crippen LogP contribution >= 0.6 is 0 Å². The van der Waals surface area contributed by atoms with Crippen LogP contribution in [-0.2, 0) is 12.0 Å². The maximum absolute atomic E-state index is 5.02. The van der Waals surface area contributed by atoms with Gasteiger partial charge in [-0.3, -0.25) is 0 Å². The molecule has 4 fully saturated rings. The van der Waals surface area contributed by atoms with Crippen molar-refractivity contribution in [3.63, 3.8) is 0 Å². The average molecular weight is 453 g/mol. The third-order valence-electron chi connectivity index (χ3n) is 8.41. The van der Waals surface area contributed by atoms with E-state index in [9.17, 15) is 0 Å². The molecule has 4 bridgehead atoms. The minimum Gasteiger partial charge on any atom is -0.216 e. The Hall–Kier alpha value is -3.69. The highest BCUT2D eigenvalue weighted by Gasteiger charge is 2.59. The third kappa shape index (κ3) is 2.59. The van der Waals surface area contributed by atoms with E-state index in [0.717, 1.165) is 52.9 Å². The van der Waals surface area contributed by atoms with E-state index in [1.54, 1.807) is 12.7 Å². The zero-order valence-electron chi connectivity index (χ0n) is 18.7. The Kier molecular flexibility index (Phi) is 3.55. The quantitative estimate of drug-likeness (QED) is 0.413. The van der Waals surface area contributed by atoms with Crippen LogP contribution < -0.4 is 0 Å². The van der Waals surface area contributed by atoms with Crippen molar-refractivity contribution in [3.05, 3.63) is 55.0 Å². The smallest absolute Gasteiger partial charge is 0.170 e. The lowest BCUT2D eigenvalue weighted by Gasteiger charge is -2.61. The van der Waals surface area contributed by atoms with E-state index in [2.05, 4.69) is 25.5 Å². The topological polar surface area (TPSA) is 105 Å². The Balaban J connectivity index is 1.18. The van der Waals surface area contributed by atoms with E-state index in [0.29, 0.717) is 0 Å². The highest BCUT2D eigenvalue weighted by molar-refractivity contribution is 5.89. The van der Waals surface area contributed by atoms with Crippen molar-refractivity contribution in [1.82, 2.24) is 49.6 Å². The van der Waals surface area contributed by atoms with Gasteiger partial charge in [0.2, 0.25) is 0 Å². The molecule has 4 aromatic heterocycles. The van der Waals surface area contributed by atoms with E-state index in [4.69, 9.17) is 10.1 Å². The Bertz CT molecular complexity index is 1500. The highest BCUT2D eigenvalue weighted by atomic mass is 15.6. The normalized spacial score (nSPS) is 30.0. The molecule has 0 N–H and O–H groups in total. The van der Waals surface area contributed by atoms with Gasteiger partial charge in [-0.25, -0.2) is 19.2 Å². The molecule has 4 aliphatic rings. The van der Waals surface area contributed by atoms with E-state index in [-0.39, 0.29) is 11.0 Å². The van der Waals surface area contributed by atoms with Gasteiger partial charge < -0.3 is 0 Å². The van der Waals surface area contributed by atoms with E-state index >= 15 is 0 Å². The molecule has 0 saturated heterocycles. The van der Waals surface area contributed by atoms with Crippen LogP contribution in [0.25, 0.3) is 22.4 Å². The molecule has 9 rings (SSSR count). The van der Waals surface area contributed by atoms with Crippen molar-refractivity contribution in [2.24, 2.45) is 17.3 Å². The van der Waals surface area contributed by atoms with Crippen molar-refractivity contribution in [3.8, 4) is 5.69 Å². The molecule has 10 nitrogen and oxygen atoms in total. The summed E-state index contributed by atoms with van der Waals surface area (Å²) in [6.45, 7) is 0. The molecule has 0 amide bonds. The summed E-state index contributed by atoms with van der Waals surface area (Å²) >= 11 is 0. The van der Waals surface area contributed by atoms with Crippen molar-refractivity contribution in [2.45, 2.75) is 50.5 Å². The summed E-state index contributed by atoms with van der Waals surface area (Å²) in [7, 11) is 0. The first kappa shape index (κ1) is 18.7. The van der Waals surface area contributed by atoms with Crippen molar-refractivity contribution in [1.29, 1.82) is 0 Å². The summed E-state index contributed by atoms with van der Waals surface area (Å²) < 4.78 is 3.67. The minimum atomic E-state index is 0.00534. The lowest BCUT2D eigenvalue weighted by molar-refractivity contribution is -0.112. The SMILES string of the molecule is c1ccc(-n2ncc3c2ncn2nc(CC45C[C@H]6C[C@@H](C4)CC(n4ncnn4)(C6)C5)nc32)cc1. The summed E-state index contributed by atoms with van der Waals surface area (Å²) in [5.41, 5.74) is 2.80. The van der Waals surface area contributed by atoms with E-state index < -0.39 is 0 Å². The lowest BCUT2D eigenvalue weighted by atomic mass is 9.46. The van der Waals surface area contributed by atoms with Crippen LogP contribution in [0.4, 0.5) is 0 Å². The first-order valence-corrected chi connectivity index (χ1v) is 12.1. The second-order valence-corrected chi connectivity index (χ2v) is 10.8. The number of hydrogen-bond donors (Lipinski definition) is 0. The van der Waals surface area contributed by atoms with Crippen LogP contribution in [0.1, 0.15) is 44.3 Å². The van der Waals surface area contributed by atoms with Crippen LogP contribution in [0.5, 0.6) is 0 Å². The monoisotopic (exact) mass is 452 g/mol. The predicted octanol–water partition coefficient (Wildman–Crippen LogP) is 2.99.